The normalized spacial score (nSPS) is 18.0. The second-order valence-corrected chi connectivity index (χ2v) is 6.12. The van der Waals surface area contributed by atoms with E-state index >= 15 is 0 Å². The van der Waals surface area contributed by atoms with Crippen molar-refractivity contribution in [3.05, 3.63) is 59.7 Å². The number of hydrogen-bond donors (Lipinski definition) is 1. The number of benzene rings is 3. The highest BCUT2D eigenvalue weighted by molar-refractivity contribution is 6.08. The van der Waals surface area contributed by atoms with E-state index < -0.39 is 0 Å². The molecule has 0 fully saturated rings. The molecular weight excluding hydrogens is 256 g/mol. The van der Waals surface area contributed by atoms with Crippen LogP contribution in [0.25, 0.3) is 21.5 Å². The lowest BCUT2D eigenvalue weighted by Gasteiger charge is -2.26. The molecule has 1 nitrogen and oxygen atoms in total. The van der Waals surface area contributed by atoms with Crippen molar-refractivity contribution in [3.63, 3.8) is 0 Å². The maximum Gasteiger partial charge on any atom is 0.0436 e. The molecule has 3 aromatic carbocycles. The Kier molecular flexibility index (Phi) is 3.16. The first-order valence-corrected chi connectivity index (χ1v) is 7.92. The molecule has 3 aromatic rings. The first-order chi connectivity index (χ1) is 10.4. The van der Waals surface area contributed by atoms with Crippen molar-refractivity contribution in [2.45, 2.75) is 31.6 Å². The smallest absolute Gasteiger partial charge is 0.0436 e. The Labute approximate surface area is 125 Å². The molecule has 0 amide bonds. The van der Waals surface area contributed by atoms with Gasteiger partial charge in [-0.1, -0.05) is 48.5 Å². The van der Waals surface area contributed by atoms with Gasteiger partial charge in [0.1, 0.15) is 0 Å². The van der Waals surface area contributed by atoms with Gasteiger partial charge in [0, 0.05) is 6.61 Å². The predicted octanol–water partition coefficient (Wildman–Crippen LogP) is 4.80. The fourth-order valence-electron chi connectivity index (χ4n) is 3.97. The van der Waals surface area contributed by atoms with Crippen LogP contribution in [0.4, 0.5) is 0 Å². The Morgan fingerprint density at radius 3 is 2.67 bits per heavy atom. The van der Waals surface area contributed by atoms with E-state index in [0.717, 1.165) is 6.42 Å². The fraction of sp³-hybridized carbons (Fsp3) is 0.300. The van der Waals surface area contributed by atoms with Crippen LogP contribution >= 0.6 is 0 Å². The predicted molar refractivity (Wildman–Crippen MR) is 88.8 cm³/mol. The van der Waals surface area contributed by atoms with E-state index in [-0.39, 0.29) is 0 Å². The molecule has 1 atom stereocenters. The second-order valence-electron chi connectivity index (χ2n) is 6.12. The molecule has 1 unspecified atom stereocenters. The minimum atomic E-state index is 0.292. The molecular formula is C20H20O. The molecule has 0 saturated carbocycles. The van der Waals surface area contributed by atoms with E-state index in [1.54, 1.807) is 0 Å². The van der Waals surface area contributed by atoms with Crippen molar-refractivity contribution in [3.8, 4) is 0 Å². The maximum absolute atomic E-state index is 9.30. The molecule has 21 heavy (non-hydrogen) atoms. The second kappa shape index (κ2) is 5.16. The van der Waals surface area contributed by atoms with Crippen molar-refractivity contribution in [2.75, 3.05) is 6.61 Å². The minimum Gasteiger partial charge on any atom is -0.396 e. The molecule has 106 valence electrons. The van der Waals surface area contributed by atoms with Gasteiger partial charge in [-0.25, -0.2) is 0 Å². The fourth-order valence-corrected chi connectivity index (χ4v) is 3.97. The Morgan fingerprint density at radius 1 is 0.905 bits per heavy atom. The average molecular weight is 276 g/mol. The molecule has 0 spiro atoms. The molecule has 0 heterocycles. The summed E-state index contributed by atoms with van der Waals surface area (Å²) in [7, 11) is 0. The van der Waals surface area contributed by atoms with Crippen molar-refractivity contribution in [1.82, 2.24) is 0 Å². The van der Waals surface area contributed by atoms with Gasteiger partial charge in [0.05, 0.1) is 0 Å². The van der Waals surface area contributed by atoms with Crippen LogP contribution in [-0.2, 0) is 6.42 Å². The Balaban J connectivity index is 1.99. The van der Waals surface area contributed by atoms with E-state index in [2.05, 4.69) is 48.5 Å². The molecule has 0 radical (unpaired) electrons. The Morgan fingerprint density at radius 2 is 1.76 bits per heavy atom. The van der Waals surface area contributed by atoms with Gasteiger partial charge in [0.25, 0.3) is 0 Å². The zero-order valence-corrected chi connectivity index (χ0v) is 12.2. The van der Waals surface area contributed by atoms with E-state index in [9.17, 15) is 5.11 Å². The summed E-state index contributed by atoms with van der Waals surface area (Å²) in [5.74, 6) is 0.537. The lowest BCUT2D eigenvalue weighted by atomic mass is 9.79. The van der Waals surface area contributed by atoms with Crippen LogP contribution < -0.4 is 0 Å². The first kappa shape index (κ1) is 12.8. The average Bonchev–Trinajstić information content (AvgIpc) is 2.55. The van der Waals surface area contributed by atoms with Crippen LogP contribution in [0.2, 0.25) is 0 Å². The monoisotopic (exact) mass is 276 g/mol. The summed E-state index contributed by atoms with van der Waals surface area (Å²) in [4.78, 5) is 0. The van der Waals surface area contributed by atoms with Crippen LogP contribution in [-0.4, -0.2) is 11.7 Å². The van der Waals surface area contributed by atoms with Gasteiger partial charge in [0.2, 0.25) is 0 Å². The number of aliphatic hydroxyl groups is 1. The van der Waals surface area contributed by atoms with E-state index in [1.807, 2.05) is 0 Å². The molecule has 0 saturated heterocycles. The highest BCUT2D eigenvalue weighted by atomic mass is 16.3. The molecule has 1 heteroatoms. The molecule has 0 aromatic heterocycles. The van der Waals surface area contributed by atoms with Crippen molar-refractivity contribution >= 4 is 21.5 Å². The van der Waals surface area contributed by atoms with Gasteiger partial charge in [0.15, 0.2) is 0 Å². The lowest BCUT2D eigenvalue weighted by molar-refractivity contribution is 0.269. The number of hydrogen-bond acceptors (Lipinski definition) is 1. The Hall–Kier alpha value is -1.86. The molecule has 4 rings (SSSR count). The first-order valence-electron chi connectivity index (χ1n) is 7.92. The summed E-state index contributed by atoms with van der Waals surface area (Å²) in [5, 5.41) is 14.7. The van der Waals surface area contributed by atoms with Crippen molar-refractivity contribution in [2.24, 2.45) is 0 Å². The van der Waals surface area contributed by atoms with Gasteiger partial charge in [-0.2, -0.15) is 0 Å². The Bertz CT molecular complexity index is 803. The molecule has 0 bridgehead atoms. The van der Waals surface area contributed by atoms with Gasteiger partial charge in [-0.05, 0) is 64.3 Å². The van der Waals surface area contributed by atoms with Crippen LogP contribution in [0.3, 0.4) is 0 Å². The third kappa shape index (κ3) is 2.04. The van der Waals surface area contributed by atoms with Gasteiger partial charge in [-0.3, -0.25) is 0 Å². The zero-order chi connectivity index (χ0) is 14.2. The van der Waals surface area contributed by atoms with Gasteiger partial charge < -0.3 is 5.11 Å². The zero-order valence-electron chi connectivity index (χ0n) is 12.2. The standard InChI is InChI=1S/C20H20O/c21-13-12-15-5-3-7-18-17(15)10-11-19-16-6-2-1-4-14(16)8-9-20(18)19/h1-2,4,6,8-11,15,21H,3,5,7,12-13H2. The number of fused-ring (bicyclic) bond motifs is 5. The maximum atomic E-state index is 9.30. The summed E-state index contributed by atoms with van der Waals surface area (Å²) in [6, 6.07) is 17.8. The number of aryl methyl sites for hydroxylation is 1. The number of rotatable bonds is 2. The topological polar surface area (TPSA) is 20.2 Å². The summed E-state index contributed by atoms with van der Waals surface area (Å²) in [6.45, 7) is 0.292. The van der Waals surface area contributed by atoms with Crippen LogP contribution in [0.5, 0.6) is 0 Å². The van der Waals surface area contributed by atoms with E-state index in [4.69, 9.17) is 0 Å². The lowest BCUT2D eigenvalue weighted by Crippen LogP contribution is -2.11. The molecule has 1 aliphatic carbocycles. The highest BCUT2D eigenvalue weighted by Crippen LogP contribution is 2.39. The van der Waals surface area contributed by atoms with Crippen molar-refractivity contribution < 1.29 is 5.11 Å². The quantitative estimate of drug-likeness (QED) is 0.667. The largest absolute Gasteiger partial charge is 0.396 e. The van der Waals surface area contributed by atoms with Crippen LogP contribution in [0.1, 0.15) is 36.3 Å². The van der Waals surface area contributed by atoms with Crippen molar-refractivity contribution in [1.29, 1.82) is 0 Å². The van der Waals surface area contributed by atoms with Crippen LogP contribution in [0.15, 0.2) is 48.5 Å². The van der Waals surface area contributed by atoms with E-state index in [1.165, 1.54) is 51.9 Å². The summed E-state index contributed by atoms with van der Waals surface area (Å²) < 4.78 is 0. The summed E-state index contributed by atoms with van der Waals surface area (Å²) >= 11 is 0. The number of aliphatic hydroxyl groups excluding tert-OH is 1. The molecule has 1 N–H and O–H groups in total. The third-order valence-electron chi connectivity index (χ3n) is 4.97. The van der Waals surface area contributed by atoms with Gasteiger partial charge in [-0.15, -0.1) is 0 Å². The minimum absolute atomic E-state index is 0.292. The van der Waals surface area contributed by atoms with Crippen LogP contribution in [0, 0.1) is 0 Å². The molecule has 1 aliphatic rings. The SMILES string of the molecule is OCCC1CCCc2c1ccc1c2ccc2ccccc21. The highest BCUT2D eigenvalue weighted by Gasteiger charge is 2.21. The third-order valence-corrected chi connectivity index (χ3v) is 4.97. The summed E-state index contributed by atoms with van der Waals surface area (Å²) in [6.07, 6.45) is 4.52. The molecule has 0 aliphatic heterocycles. The van der Waals surface area contributed by atoms with Gasteiger partial charge >= 0.3 is 0 Å². The summed E-state index contributed by atoms with van der Waals surface area (Å²) in [5.41, 5.74) is 2.99. The van der Waals surface area contributed by atoms with E-state index in [0.29, 0.717) is 12.5 Å².